The van der Waals surface area contributed by atoms with Gasteiger partial charge in [-0.05, 0) is 5.56 Å². The molecule has 1 aromatic rings. The summed E-state index contributed by atoms with van der Waals surface area (Å²) in [7, 11) is 0. The molecule has 0 saturated heterocycles. The van der Waals surface area contributed by atoms with Crippen molar-refractivity contribution < 1.29 is 4.79 Å². The highest BCUT2D eigenvalue weighted by Crippen LogP contribution is 2.20. The maximum absolute atomic E-state index is 10.4. The lowest BCUT2D eigenvalue weighted by Crippen LogP contribution is -1.91. The Labute approximate surface area is 76.6 Å². The number of carbonyl (C=O) groups is 1. The SMILES string of the molecule is O=CC1=NC(c2ccccc2)=CC1. The molecule has 0 spiro atoms. The molecule has 0 bridgehead atoms. The van der Waals surface area contributed by atoms with Gasteiger partial charge >= 0.3 is 0 Å². The van der Waals surface area contributed by atoms with Gasteiger partial charge in [-0.15, -0.1) is 0 Å². The van der Waals surface area contributed by atoms with E-state index in [1.54, 1.807) is 0 Å². The van der Waals surface area contributed by atoms with E-state index >= 15 is 0 Å². The van der Waals surface area contributed by atoms with E-state index in [9.17, 15) is 4.79 Å². The van der Waals surface area contributed by atoms with Crippen LogP contribution in [0.15, 0.2) is 41.4 Å². The number of hydrogen-bond donors (Lipinski definition) is 0. The molecule has 0 amide bonds. The zero-order chi connectivity index (χ0) is 9.10. The molecule has 0 aromatic heterocycles. The maximum atomic E-state index is 10.4. The van der Waals surface area contributed by atoms with Crippen LogP contribution in [0.2, 0.25) is 0 Å². The Morgan fingerprint density at radius 2 is 2.00 bits per heavy atom. The average molecular weight is 171 g/mol. The molecule has 1 aliphatic rings. The van der Waals surface area contributed by atoms with E-state index in [1.165, 1.54) is 0 Å². The van der Waals surface area contributed by atoms with E-state index in [2.05, 4.69) is 4.99 Å². The molecule has 0 N–H and O–H groups in total. The number of hydrogen-bond acceptors (Lipinski definition) is 2. The number of allylic oxidation sites excluding steroid dienone is 1. The molecule has 2 rings (SSSR count). The second-order valence-corrected chi connectivity index (χ2v) is 2.88. The molecule has 0 unspecified atom stereocenters. The molecule has 0 saturated carbocycles. The number of rotatable bonds is 2. The Kier molecular flexibility index (Phi) is 2.04. The van der Waals surface area contributed by atoms with Gasteiger partial charge in [-0.3, -0.25) is 4.79 Å². The average Bonchev–Trinajstić information content (AvgIpc) is 2.67. The van der Waals surface area contributed by atoms with Crippen LogP contribution >= 0.6 is 0 Å². The number of aliphatic imine (C=N–C) groups is 1. The van der Waals surface area contributed by atoms with Crippen LogP contribution in [0.4, 0.5) is 0 Å². The van der Waals surface area contributed by atoms with E-state index in [1.807, 2.05) is 36.4 Å². The highest BCUT2D eigenvalue weighted by Gasteiger charge is 2.08. The normalized spacial score (nSPS) is 15.1. The van der Waals surface area contributed by atoms with Crippen molar-refractivity contribution in [3.05, 3.63) is 42.0 Å². The number of benzene rings is 1. The minimum absolute atomic E-state index is 0.610. The molecule has 0 radical (unpaired) electrons. The number of carbonyl (C=O) groups excluding carboxylic acids is 1. The van der Waals surface area contributed by atoms with E-state index in [0.29, 0.717) is 12.1 Å². The first kappa shape index (κ1) is 7.92. The highest BCUT2D eigenvalue weighted by atomic mass is 16.1. The largest absolute Gasteiger partial charge is 0.297 e. The van der Waals surface area contributed by atoms with Crippen LogP contribution in [0.25, 0.3) is 5.70 Å². The van der Waals surface area contributed by atoms with Crippen LogP contribution in [0, 0.1) is 0 Å². The molecular weight excluding hydrogens is 162 g/mol. The van der Waals surface area contributed by atoms with Crippen LogP contribution in [-0.4, -0.2) is 12.0 Å². The summed E-state index contributed by atoms with van der Waals surface area (Å²) >= 11 is 0. The Morgan fingerprint density at radius 1 is 1.23 bits per heavy atom. The molecule has 1 heterocycles. The van der Waals surface area contributed by atoms with E-state index in [0.717, 1.165) is 17.5 Å². The van der Waals surface area contributed by atoms with Gasteiger partial charge in [0.05, 0.1) is 11.4 Å². The van der Waals surface area contributed by atoms with E-state index < -0.39 is 0 Å². The van der Waals surface area contributed by atoms with Crippen LogP contribution < -0.4 is 0 Å². The molecule has 13 heavy (non-hydrogen) atoms. The molecule has 0 atom stereocenters. The van der Waals surface area contributed by atoms with Crippen LogP contribution in [0.1, 0.15) is 12.0 Å². The van der Waals surface area contributed by atoms with Gasteiger partial charge in [0, 0.05) is 6.42 Å². The Balaban J connectivity index is 2.30. The molecular formula is C11H9NO. The zero-order valence-corrected chi connectivity index (χ0v) is 7.10. The minimum Gasteiger partial charge on any atom is -0.297 e. The van der Waals surface area contributed by atoms with Crippen LogP contribution in [-0.2, 0) is 4.79 Å². The van der Waals surface area contributed by atoms with Gasteiger partial charge in [0.1, 0.15) is 0 Å². The molecule has 2 heteroatoms. The Morgan fingerprint density at radius 3 is 2.62 bits per heavy atom. The van der Waals surface area contributed by atoms with Crippen molar-refractivity contribution in [1.82, 2.24) is 0 Å². The lowest BCUT2D eigenvalue weighted by molar-refractivity contribution is -0.102. The van der Waals surface area contributed by atoms with Gasteiger partial charge in [-0.2, -0.15) is 0 Å². The van der Waals surface area contributed by atoms with Gasteiger partial charge in [0.2, 0.25) is 0 Å². The zero-order valence-electron chi connectivity index (χ0n) is 7.10. The second-order valence-electron chi connectivity index (χ2n) is 2.88. The fraction of sp³-hybridized carbons (Fsp3) is 0.0909. The van der Waals surface area contributed by atoms with Crippen molar-refractivity contribution in [2.75, 3.05) is 0 Å². The lowest BCUT2D eigenvalue weighted by Gasteiger charge is -1.96. The first-order valence-corrected chi connectivity index (χ1v) is 4.18. The molecule has 2 nitrogen and oxygen atoms in total. The fourth-order valence-corrected chi connectivity index (χ4v) is 1.31. The van der Waals surface area contributed by atoms with Crippen LogP contribution in [0.3, 0.4) is 0 Å². The van der Waals surface area contributed by atoms with Gasteiger partial charge in [0.15, 0.2) is 6.29 Å². The van der Waals surface area contributed by atoms with Crippen molar-refractivity contribution in [1.29, 1.82) is 0 Å². The summed E-state index contributed by atoms with van der Waals surface area (Å²) in [5.41, 5.74) is 2.58. The summed E-state index contributed by atoms with van der Waals surface area (Å²) < 4.78 is 0. The summed E-state index contributed by atoms with van der Waals surface area (Å²) in [6, 6.07) is 9.87. The van der Waals surface area contributed by atoms with Gasteiger partial charge in [0.25, 0.3) is 0 Å². The van der Waals surface area contributed by atoms with Gasteiger partial charge in [-0.1, -0.05) is 36.4 Å². The summed E-state index contributed by atoms with van der Waals surface area (Å²) in [4.78, 5) is 14.6. The standard InChI is InChI=1S/C11H9NO/c13-8-10-6-7-11(12-10)9-4-2-1-3-5-9/h1-5,7-8H,6H2. The molecule has 1 aromatic carbocycles. The lowest BCUT2D eigenvalue weighted by atomic mass is 10.1. The third-order valence-corrected chi connectivity index (χ3v) is 1.97. The topological polar surface area (TPSA) is 29.4 Å². The first-order valence-electron chi connectivity index (χ1n) is 4.18. The predicted octanol–water partition coefficient (Wildman–Crippen LogP) is 2.07. The summed E-state index contributed by atoms with van der Waals surface area (Å²) in [5.74, 6) is 0. The summed E-state index contributed by atoms with van der Waals surface area (Å²) in [5, 5.41) is 0. The van der Waals surface area contributed by atoms with Crippen molar-refractivity contribution >= 4 is 17.7 Å². The number of aldehydes is 1. The second kappa shape index (κ2) is 3.35. The number of nitrogens with zero attached hydrogens (tertiary/aromatic N) is 1. The monoisotopic (exact) mass is 171 g/mol. The van der Waals surface area contributed by atoms with E-state index in [4.69, 9.17) is 0 Å². The predicted molar refractivity (Wildman–Crippen MR) is 52.5 cm³/mol. The highest BCUT2D eigenvalue weighted by molar-refractivity contribution is 6.31. The molecule has 1 aliphatic heterocycles. The maximum Gasteiger partial charge on any atom is 0.164 e. The van der Waals surface area contributed by atoms with Crippen molar-refractivity contribution in [3.8, 4) is 0 Å². The Hall–Kier alpha value is -1.70. The van der Waals surface area contributed by atoms with Gasteiger partial charge < -0.3 is 0 Å². The smallest absolute Gasteiger partial charge is 0.164 e. The fourth-order valence-electron chi connectivity index (χ4n) is 1.31. The third kappa shape index (κ3) is 1.56. The van der Waals surface area contributed by atoms with Crippen molar-refractivity contribution in [3.63, 3.8) is 0 Å². The summed E-state index contributed by atoms with van der Waals surface area (Å²) in [6.07, 6.45) is 3.44. The van der Waals surface area contributed by atoms with E-state index in [-0.39, 0.29) is 0 Å². The molecule has 0 aliphatic carbocycles. The van der Waals surface area contributed by atoms with Gasteiger partial charge in [-0.25, -0.2) is 4.99 Å². The Bertz CT molecular complexity index is 376. The van der Waals surface area contributed by atoms with Crippen molar-refractivity contribution in [2.24, 2.45) is 4.99 Å². The van der Waals surface area contributed by atoms with Crippen molar-refractivity contribution in [2.45, 2.75) is 6.42 Å². The van der Waals surface area contributed by atoms with Crippen LogP contribution in [0.5, 0.6) is 0 Å². The first-order chi connectivity index (χ1) is 6.40. The molecule has 0 fully saturated rings. The molecule has 64 valence electrons. The minimum atomic E-state index is 0.610. The third-order valence-electron chi connectivity index (χ3n) is 1.97. The summed E-state index contributed by atoms with van der Waals surface area (Å²) in [6.45, 7) is 0. The quantitative estimate of drug-likeness (QED) is 0.626.